The summed E-state index contributed by atoms with van der Waals surface area (Å²) < 4.78 is 0. The van der Waals surface area contributed by atoms with E-state index in [4.69, 9.17) is 0 Å². The van der Waals surface area contributed by atoms with Gasteiger partial charge in [0.2, 0.25) is 5.88 Å². The Bertz CT molecular complexity index is 662. The Labute approximate surface area is 111 Å². The van der Waals surface area contributed by atoms with Crippen molar-refractivity contribution < 1.29 is 15.0 Å². The fourth-order valence-electron chi connectivity index (χ4n) is 2.45. The van der Waals surface area contributed by atoms with Crippen LogP contribution in [-0.2, 0) is 12.8 Å². The fourth-order valence-corrected chi connectivity index (χ4v) is 2.45. The first-order valence-electron chi connectivity index (χ1n) is 6.38. The molecule has 0 aliphatic rings. The molecule has 2 aromatic rings. The molecule has 2 rings (SSSR count). The minimum absolute atomic E-state index is 0.112. The molecule has 1 aromatic heterocycles. The molecule has 100 valence electrons. The van der Waals surface area contributed by atoms with E-state index in [9.17, 15) is 15.0 Å². The quantitative estimate of drug-likeness (QED) is 0.831. The molecule has 0 amide bonds. The summed E-state index contributed by atoms with van der Waals surface area (Å²) >= 11 is 0. The number of carbonyl (C=O) groups is 1. The average Bonchev–Trinajstić information content (AvgIpc) is 2.36. The van der Waals surface area contributed by atoms with E-state index in [2.05, 4.69) is 4.98 Å². The highest BCUT2D eigenvalue weighted by Gasteiger charge is 2.19. The Balaban J connectivity index is 2.91. The topological polar surface area (TPSA) is 70.4 Å². The molecule has 0 bridgehead atoms. The van der Waals surface area contributed by atoms with Gasteiger partial charge in [-0.25, -0.2) is 4.98 Å². The smallest absolute Gasteiger partial charge is 0.226 e. The van der Waals surface area contributed by atoms with Crippen molar-refractivity contribution >= 4 is 16.7 Å². The SMILES string of the molecule is CCc1ccc2c(O)c(C(C)=O)c(O)nc2c1CC. The first-order valence-corrected chi connectivity index (χ1v) is 6.38. The maximum atomic E-state index is 11.4. The van der Waals surface area contributed by atoms with Gasteiger partial charge in [-0.05, 0) is 37.0 Å². The van der Waals surface area contributed by atoms with Gasteiger partial charge in [0.15, 0.2) is 5.78 Å². The number of hydrogen-bond donors (Lipinski definition) is 2. The summed E-state index contributed by atoms with van der Waals surface area (Å²) in [6.07, 6.45) is 1.61. The monoisotopic (exact) mass is 259 g/mol. The van der Waals surface area contributed by atoms with Crippen LogP contribution >= 0.6 is 0 Å². The highest BCUT2D eigenvalue weighted by Crippen LogP contribution is 2.35. The molecule has 19 heavy (non-hydrogen) atoms. The Hall–Kier alpha value is -2.10. The molecule has 0 unspecified atom stereocenters. The normalized spacial score (nSPS) is 10.9. The van der Waals surface area contributed by atoms with E-state index in [0.717, 1.165) is 24.0 Å². The molecule has 4 nitrogen and oxygen atoms in total. The molecular formula is C15H17NO3. The van der Waals surface area contributed by atoms with E-state index >= 15 is 0 Å². The second kappa shape index (κ2) is 4.88. The summed E-state index contributed by atoms with van der Waals surface area (Å²) in [6, 6.07) is 3.69. The van der Waals surface area contributed by atoms with E-state index < -0.39 is 11.7 Å². The number of ketones is 1. The Morgan fingerprint density at radius 3 is 2.42 bits per heavy atom. The third kappa shape index (κ3) is 2.03. The maximum Gasteiger partial charge on any atom is 0.226 e. The lowest BCUT2D eigenvalue weighted by Gasteiger charge is -2.13. The van der Waals surface area contributed by atoms with Gasteiger partial charge in [0.05, 0.1) is 5.52 Å². The first kappa shape index (κ1) is 13.3. The largest absolute Gasteiger partial charge is 0.506 e. The van der Waals surface area contributed by atoms with E-state index in [0.29, 0.717) is 10.9 Å². The molecule has 0 spiro atoms. The molecule has 0 fully saturated rings. The van der Waals surface area contributed by atoms with Gasteiger partial charge in [-0.15, -0.1) is 0 Å². The van der Waals surface area contributed by atoms with Gasteiger partial charge in [-0.2, -0.15) is 0 Å². The van der Waals surface area contributed by atoms with Crippen molar-refractivity contribution in [3.8, 4) is 11.6 Å². The first-order chi connectivity index (χ1) is 9.01. The fraction of sp³-hybridized carbons (Fsp3) is 0.333. The van der Waals surface area contributed by atoms with Gasteiger partial charge in [0.25, 0.3) is 0 Å². The molecule has 0 radical (unpaired) electrons. The summed E-state index contributed by atoms with van der Waals surface area (Å²) in [7, 11) is 0. The summed E-state index contributed by atoms with van der Waals surface area (Å²) in [5.74, 6) is -0.991. The number of rotatable bonds is 3. The van der Waals surface area contributed by atoms with Crippen LogP contribution in [0.2, 0.25) is 0 Å². The lowest BCUT2D eigenvalue weighted by atomic mass is 9.97. The van der Waals surface area contributed by atoms with Crippen LogP contribution in [0.5, 0.6) is 11.6 Å². The van der Waals surface area contributed by atoms with Crippen molar-refractivity contribution in [1.82, 2.24) is 4.98 Å². The summed E-state index contributed by atoms with van der Waals surface area (Å²) in [5, 5.41) is 20.5. The zero-order valence-corrected chi connectivity index (χ0v) is 11.3. The van der Waals surface area contributed by atoms with Gasteiger partial charge in [-0.3, -0.25) is 4.79 Å². The van der Waals surface area contributed by atoms with Crippen molar-refractivity contribution in [2.45, 2.75) is 33.6 Å². The molecule has 2 N–H and O–H groups in total. The third-order valence-corrected chi connectivity index (χ3v) is 3.40. The van der Waals surface area contributed by atoms with Crippen molar-refractivity contribution in [3.05, 3.63) is 28.8 Å². The van der Waals surface area contributed by atoms with Gasteiger partial charge >= 0.3 is 0 Å². The van der Waals surface area contributed by atoms with Crippen molar-refractivity contribution in [2.24, 2.45) is 0 Å². The molecule has 0 atom stereocenters. The minimum Gasteiger partial charge on any atom is -0.506 e. The van der Waals surface area contributed by atoms with Gasteiger partial charge in [0, 0.05) is 5.39 Å². The number of hydrogen-bond acceptors (Lipinski definition) is 4. The predicted octanol–water partition coefficient (Wildman–Crippen LogP) is 2.97. The number of aromatic nitrogens is 1. The summed E-state index contributed by atoms with van der Waals surface area (Å²) in [5.41, 5.74) is 2.60. The van der Waals surface area contributed by atoms with Gasteiger partial charge in [-0.1, -0.05) is 19.9 Å². The van der Waals surface area contributed by atoms with E-state index in [1.807, 2.05) is 19.9 Å². The number of Topliss-reactive ketones (excluding diaryl/α,β-unsaturated/α-hetero) is 1. The molecule has 1 heterocycles. The van der Waals surface area contributed by atoms with Crippen molar-refractivity contribution in [2.75, 3.05) is 0 Å². The van der Waals surface area contributed by atoms with E-state index in [1.165, 1.54) is 6.92 Å². The molecule has 0 aliphatic carbocycles. The number of benzene rings is 1. The van der Waals surface area contributed by atoms with Crippen molar-refractivity contribution in [1.29, 1.82) is 0 Å². The Kier molecular flexibility index (Phi) is 3.42. The van der Waals surface area contributed by atoms with Crippen LogP contribution < -0.4 is 0 Å². The summed E-state index contributed by atoms with van der Waals surface area (Å²) in [4.78, 5) is 15.6. The second-order valence-electron chi connectivity index (χ2n) is 4.52. The van der Waals surface area contributed by atoms with Gasteiger partial charge in [0.1, 0.15) is 11.3 Å². The summed E-state index contributed by atoms with van der Waals surface area (Å²) in [6.45, 7) is 5.34. The molecular weight excluding hydrogens is 242 g/mol. The van der Waals surface area contributed by atoms with Crippen LogP contribution in [0, 0.1) is 0 Å². The van der Waals surface area contributed by atoms with Crippen LogP contribution in [0.1, 0.15) is 42.3 Å². The molecule has 0 aliphatic heterocycles. The Morgan fingerprint density at radius 2 is 1.89 bits per heavy atom. The van der Waals surface area contributed by atoms with Gasteiger partial charge < -0.3 is 10.2 Å². The number of fused-ring (bicyclic) bond motifs is 1. The molecule has 1 aromatic carbocycles. The number of aromatic hydroxyl groups is 2. The zero-order chi connectivity index (χ0) is 14.2. The highest BCUT2D eigenvalue weighted by atomic mass is 16.3. The molecule has 0 saturated carbocycles. The lowest BCUT2D eigenvalue weighted by Crippen LogP contribution is -2.00. The second-order valence-corrected chi connectivity index (χ2v) is 4.52. The van der Waals surface area contributed by atoms with Crippen LogP contribution in [0.15, 0.2) is 12.1 Å². The maximum absolute atomic E-state index is 11.4. The number of nitrogens with zero attached hydrogens (tertiary/aromatic N) is 1. The third-order valence-electron chi connectivity index (χ3n) is 3.40. The Morgan fingerprint density at radius 1 is 1.21 bits per heavy atom. The zero-order valence-electron chi connectivity index (χ0n) is 11.3. The predicted molar refractivity (Wildman–Crippen MR) is 73.8 cm³/mol. The van der Waals surface area contributed by atoms with E-state index in [-0.39, 0.29) is 11.3 Å². The van der Waals surface area contributed by atoms with Crippen LogP contribution in [0.3, 0.4) is 0 Å². The number of pyridine rings is 1. The highest BCUT2D eigenvalue weighted by molar-refractivity contribution is 6.05. The number of aryl methyl sites for hydroxylation is 2. The van der Waals surface area contributed by atoms with E-state index in [1.54, 1.807) is 6.07 Å². The molecule has 4 heteroatoms. The van der Waals surface area contributed by atoms with Crippen molar-refractivity contribution in [3.63, 3.8) is 0 Å². The average molecular weight is 259 g/mol. The molecule has 0 saturated heterocycles. The standard InChI is InChI=1S/C15H17NO3/c1-4-9-6-7-11-13(10(9)5-2)16-15(19)12(8(3)17)14(11)18/h6-7H,4-5H2,1-3H3,(H2,16,18,19). The number of carbonyl (C=O) groups excluding carboxylic acids is 1. The minimum atomic E-state index is -0.402. The lowest BCUT2D eigenvalue weighted by molar-refractivity contribution is 0.101. The van der Waals surface area contributed by atoms with Crippen LogP contribution in [-0.4, -0.2) is 21.0 Å². The van der Waals surface area contributed by atoms with Crippen LogP contribution in [0.4, 0.5) is 0 Å². The van der Waals surface area contributed by atoms with Crippen LogP contribution in [0.25, 0.3) is 10.9 Å².